The molecule has 1 amide bonds. The van der Waals surface area contributed by atoms with Gasteiger partial charge in [-0.3, -0.25) is 19.1 Å². The van der Waals surface area contributed by atoms with Gasteiger partial charge in [0.1, 0.15) is 12.4 Å². The summed E-state index contributed by atoms with van der Waals surface area (Å²) >= 11 is 0. The largest absolute Gasteiger partial charge is 0.387 e. The first-order valence-electron chi connectivity index (χ1n) is 11.4. The minimum absolute atomic E-state index is 0.257. The van der Waals surface area contributed by atoms with Crippen molar-refractivity contribution in [2.75, 3.05) is 18.5 Å². The van der Waals surface area contributed by atoms with E-state index in [9.17, 15) is 19.1 Å². The Bertz CT molecular complexity index is 1380. The van der Waals surface area contributed by atoms with Crippen LogP contribution in [0.1, 0.15) is 5.56 Å². The van der Waals surface area contributed by atoms with Gasteiger partial charge in [-0.15, -0.1) is 0 Å². The highest BCUT2D eigenvalue weighted by Crippen LogP contribution is 2.28. The van der Waals surface area contributed by atoms with Crippen LogP contribution in [0.5, 0.6) is 0 Å². The van der Waals surface area contributed by atoms with E-state index in [1.807, 2.05) is 30.3 Å². The van der Waals surface area contributed by atoms with E-state index in [0.29, 0.717) is 34.8 Å². The van der Waals surface area contributed by atoms with Crippen LogP contribution < -0.4 is 16.2 Å². The number of pyridine rings is 1. The maximum atomic E-state index is 13.6. The lowest BCUT2D eigenvalue weighted by molar-refractivity contribution is -0.124. The van der Waals surface area contributed by atoms with Crippen LogP contribution in [0, 0.1) is 5.82 Å². The molecule has 0 spiro atoms. The second-order valence-corrected chi connectivity index (χ2v) is 8.26. The van der Waals surface area contributed by atoms with Gasteiger partial charge in [0.05, 0.1) is 17.3 Å². The summed E-state index contributed by atoms with van der Waals surface area (Å²) in [6.07, 6.45) is 3.73. The summed E-state index contributed by atoms with van der Waals surface area (Å²) in [6, 6.07) is 18.5. The maximum Gasteiger partial charge on any atom is 0.263 e. The second-order valence-electron chi connectivity index (χ2n) is 8.26. The minimum Gasteiger partial charge on any atom is -0.387 e. The molecule has 36 heavy (non-hydrogen) atoms. The lowest BCUT2D eigenvalue weighted by Crippen LogP contribution is -2.43. The molecular formula is C27H26FN5O3. The third-order valence-electron chi connectivity index (χ3n) is 5.72. The zero-order valence-corrected chi connectivity index (χ0v) is 19.7. The van der Waals surface area contributed by atoms with Crippen molar-refractivity contribution in [1.82, 2.24) is 19.9 Å². The first-order chi connectivity index (χ1) is 17.5. The van der Waals surface area contributed by atoms with Crippen LogP contribution in [-0.4, -0.2) is 44.7 Å². The fraction of sp³-hybridized carbons (Fsp3) is 0.185. The Kier molecular flexibility index (Phi) is 7.82. The zero-order chi connectivity index (χ0) is 25.5. The summed E-state index contributed by atoms with van der Waals surface area (Å²) in [7, 11) is 1.60. The van der Waals surface area contributed by atoms with Crippen molar-refractivity contribution in [1.29, 1.82) is 0 Å². The summed E-state index contributed by atoms with van der Waals surface area (Å²) in [6.45, 7) is -0.368. The lowest BCUT2D eigenvalue weighted by atomic mass is 10.0. The molecule has 0 aliphatic heterocycles. The quantitative estimate of drug-likeness (QED) is 0.335. The average molecular weight is 488 g/mol. The number of anilines is 1. The monoisotopic (exact) mass is 487 g/mol. The highest BCUT2D eigenvalue weighted by atomic mass is 19.1. The van der Waals surface area contributed by atoms with Gasteiger partial charge in [0.25, 0.3) is 5.56 Å². The fourth-order valence-corrected chi connectivity index (χ4v) is 3.92. The van der Waals surface area contributed by atoms with Gasteiger partial charge in [0, 0.05) is 31.5 Å². The van der Waals surface area contributed by atoms with E-state index in [4.69, 9.17) is 4.98 Å². The maximum absolute atomic E-state index is 13.6. The highest BCUT2D eigenvalue weighted by Gasteiger charge is 2.20. The SMILES string of the molecule is Cn1c(NCC(Cc2ccccc2)NC(=O)CO)nc(-c2ccncc2)c(-c2ccc(F)cc2)c1=O. The number of nitrogens with one attached hydrogen (secondary N) is 2. The molecule has 1 unspecified atom stereocenters. The number of carbonyl (C=O) groups is 1. The molecule has 4 rings (SSSR count). The lowest BCUT2D eigenvalue weighted by Gasteiger charge is -2.21. The van der Waals surface area contributed by atoms with E-state index in [1.165, 1.54) is 16.7 Å². The summed E-state index contributed by atoms with van der Waals surface area (Å²) in [5.74, 6) is -0.598. The van der Waals surface area contributed by atoms with E-state index < -0.39 is 18.3 Å². The molecule has 4 aromatic rings. The van der Waals surface area contributed by atoms with Crippen LogP contribution in [0.2, 0.25) is 0 Å². The molecule has 0 saturated carbocycles. The second kappa shape index (κ2) is 11.4. The number of rotatable bonds is 9. The number of carbonyl (C=O) groups excluding carboxylic acids is 1. The molecule has 0 radical (unpaired) electrons. The zero-order valence-electron chi connectivity index (χ0n) is 19.7. The Morgan fingerprint density at radius 3 is 2.39 bits per heavy atom. The molecule has 0 bridgehead atoms. The first kappa shape index (κ1) is 24.7. The fourth-order valence-electron chi connectivity index (χ4n) is 3.92. The molecule has 2 heterocycles. The van der Waals surface area contributed by atoms with Crippen molar-refractivity contribution < 1.29 is 14.3 Å². The number of aliphatic hydroxyl groups excluding tert-OH is 1. The normalized spacial score (nSPS) is 11.6. The third-order valence-corrected chi connectivity index (χ3v) is 5.72. The molecule has 0 saturated heterocycles. The number of hydrogen-bond acceptors (Lipinski definition) is 6. The number of benzene rings is 2. The minimum atomic E-state index is -0.624. The number of hydrogen-bond donors (Lipinski definition) is 3. The number of aliphatic hydroxyl groups is 1. The predicted octanol–water partition coefficient (Wildman–Crippen LogP) is 2.78. The molecule has 184 valence electrons. The summed E-state index contributed by atoms with van der Waals surface area (Å²) < 4.78 is 14.9. The molecule has 2 aromatic heterocycles. The highest BCUT2D eigenvalue weighted by molar-refractivity contribution is 5.81. The van der Waals surface area contributed by atoms with Gasteiger partial charge in [-0.05, 0) is 41.8 Å². The Morgan fingerprint density at radius 1 is 1.03 bits per heavy atom. The molecule has 0 fully saturated rings. The van der Waals surface area contributed by atoms with Crippen molar-refractivity contribution in [2.45, 2.75) is 12.5 Å². The number of halogens is 1. The van der Waals surface area contributed by atoms with Gasteiger partial charge in [0.15, 0.2) is 0 Å². The van der Waals surface area contributed by atoms with Crippen LogP contribution in [0.4, 0.5) is 10.3 Å². The number of amides is 1. The number of nitrogens with zero attached hydrogens (tertiary/aromatic N) is 3. The van der Waals surface area contributed by atoms with E-state index in [-0.39, 0.29) is 18.1 Å². The van der Waals surface area contributed by atoms with Crippen LogP contribution in [0.25, 0.3) is 22.4 Å². The molecule has 1 atom stereocenters. The van der Waals surface area contributed by atoms with E-state index in [2.05, 4.69) is 15.6 Å². The Hall–Kier alpha value is -4.37. The van der Waals surface area contributed by atoms with Gasteiger partial charge >= 0.3 is 0 Å². The molecule has 3 N–H and O–H groups in total. The van der Waals surface area contributed by atoms with Gasteiger partial charge in [-0.2, -0.15) is 0 Å². The van der Waals surface area contributed by atoms with Crippen molar-refractivity contribution in [3.63, 3.8) is 0 Å². The molecule has 0 aliphatic rings. The third kappa shape index (κ3) is 5.81. The molecule has 9 heteroatoms. The van der Waals surface area contributed by atoms with E-state index in [1.54, 1.807) is 43.7 Å². The Labute approximate surface area is 207 Å². The van der Waals surface area contributed by atoms with Gasteiger partial charge in [-0.25, -0.2) is 9.37 Å². The van der Waals surface area contributed by atoms with Crippen LogP contribution in [-0.2, 0) is 18.3 Å². The van der Waals surface area contributed by atoms with Gasteiger partial charge < -0.3 is 15.7 Å². The van der Waals surface area contributed by atoms with Crippen LogP contribution in [0.15, 0.2) is 83.9 Å². The molecule has 2 aromatic carbocycles. The predicted molar refractivity (Wildman–Crippen MR) is 136 cm³/mol. The van der Waals surface area contributed by atoms with Gasteiger partial charge in [-0.1, -0.05) is 42.5 Å². The standard InChI is InChI=1S/C27H26FN5O3/c1-33-26(36)24(19-7-9-21(28)10-8-19)25(20-11-13-29-14-12-20)32-27(33)30-16-22(31-23(35)17-34)15-18-5-3-2-4-6-18/h2-14,22,34H,15-17H2,1H3,(H,30,32)(H,31,35). The van der Waals surface area contributed by atoms with E-state index in [0.717, 1.165) is 5.56 Å². The van der Waals surface area contributed by atoms with Crippen molar-refractivity contribution in [3.8, 4) is 22.4 Å². The summed E-state index contributed by atoms with van der Waals surface area (Å²) in [4.78, 5) is 34.2. The topological polar surface area (TPSA) is 109 Å². The van der Waals surface area contributed by atoms with E-state index >= 15 is 0 Å². The molecule has 8 nitrogen and oxygen atoms in total. The molecular weight excluding hydrogens is 461 g/mol. The number of aromatic nitrogens is 3. The van der Waals surface area contributed by atoms with Crippen molar-refractivity contribution in [3.05, 3.63) is 101 Å². The van der Waals surface area contributed by atoms with Crippen LogP contribution in [0.3, 0.4) is 0 Å². The first-order valence-corrected chi connectivity index (χ1v) is 11.4. The smallest absolute Gasteiger partial charge is 0.263 e. The summed E-state index contributed by atoms with van der Waals surface area (Å²) in [5.41, 5.74) is 2.68. The van der Waals surface area contributed by atoms with Gasteiger partial charge in [0.2, 0.25) is 11.9 Å². The molecule has 0 aliphatic carbocycles. The summed E-state index contributed by atoms with van der Waals surface area (Å²) in [5, 5.41) is 15.2. The van der Waals surface area contributed by atoms with Crippen molar-refractivity contribution >= 4 is 11.9 Å². The van der Waals surface area contributed by atoms with Crippen LogP contribution >= 0.6 is 0 Å². The Morgan fingerprint density at radius 2 is 1.72 bits per heavy atom. The Balaban J connectivity index is 1.70. The van der Waals surface area contributed by atoms with Crippen molar-refractivity contribution in [2.24, 2.45) is 7.05 Å². The average Bonchev–Trinajstić information content (AvgIpc) is 2.91.